The van der Waals surface area contributed by atoms with Crippen molar-refractivity contribution in [3.63, 3.8) is 0 Å². The van der Waals surface area contributed by atoms with Gasteiger partial charge in [0, 0.05) is 23.0 Å². The highest BCUT2D eigenvalue weighted by Crippen LogP contribution is 2.30. The summed E-state index contributed by atoms with van der Waals surface area (Å²) in [6.07, 6.45) is 3.66. The van der Waals surface area contributed by atoms with Crippen LogP contribution in [0, 0.1) is 0 Å². The lowest BCUT2D eigenvalue weighted by atomic mass is 10.0. The number of aryl methyl sites for hydroxylation is 1. The summed E-state index contributed by atoms with van der Waals surface area (Å²) in [5.74, 6) is -1.08. The van der Waals surface area contributed by atoms with E-state index < -0.39 is 17.6 Å². The molecule has 8 heteroatoms. The number of nitrogens with zero attached hydrogens (tertiary/aromatic N) is 4. The summed E-state index contributed by atoms with van der Waals surface area (Å²) in [4.78, 5) is 28.5. The molecule has 4 aromatic rings. The molecule has 0 radical (unpaired) electrons. The number of rotatable bonds is 4. The van der Waals surface area contributed by atoms with Gasteiger partial charge in [0.05, 0.1) is 16.6 Å². The Balaban J connectivity index is 2.01. The second kappa shape index (κ2) is 6.76. The minimum absolute atomic E-state index is 0.316. The maximum atomic E-state index is 12.8. The average Bonchev–Trinajstić information content (AvgIpc) is 3.07. The van der Waals surface area contributed by atoms with Crippen molar-refractivity contribution < 1.29 is 9.90 Å². The van der Waals surface area contributed by atoms with E-state index in [1.807, 2.05) is 31.2 Å². The SMILES string of the molecule is CCc1nn2c(ncc3c(=O)n([C@@H](C)C(=O)O)ccc32)c1-c1ccc(Cl)cc1. The molecule has 1 atom stereocenters. The zero-order valence-electron chi connectivity index (χ0n) is 15.3. The predicted molar refractivity (Wildman–Crippen MR) is 107 cm³/mol. The van der Waals surface area contributed by atoms with Gasteiger partial charge >= 0.3 is 5.97 Å². The average molecular weight is 397 g/mol. The van der Waals surface area contributed by atoms with Gasteiger partial charge in [0.25, 0.3) is 5.56 Å². The largest absolute Gasteiger partial charge is 0.480 e. The second-order valence-electron chi connectivity index (χ2n) is 6.52. The first-order valence-corrected chi connectivity index (χ1v) is 9.20. The monoisotopic (exact) mass is 396 g/mol. The van der Waals surface area contributed by atoms with Gasteiger partial charge in [-0.15, -0.1) is 0 Å². The van der Waals surface area contributed by atoms with Crippen LogP contribution in [0.2, 0.25) is 5.02 Å². The predicted octanol–water partition coefficient (Wildman–Crippen LogP) is 3.57. The summed E-state index contributed by atoms with van der Waals surface area (Å²) >= 11 is 6.01. The number of hydrogen-bond donors (Lipinski definition) is 1. The molecule has 1 N–H and O–H groups in total. The van der Waals surface area contributed by atoms with Crippen molar-refractivity contribution in [3.8, 4) is 11.1 Å². The van der Waals surface area contributed by atoms with Crippen LogP contribution in [0.15, 0.2) is 47.5 Å². The molecule has 28 heavy (non-hydrogen) atoms. The van der Waals surface area contributed by atoms with E-state index in [0.717, 1.165) is 16.8 Å². The molecular formula is C20H17ClN4O3. The van der Waals surface area contributed by atoms with Crippen molar-refractivity contribution in [1.29, 1.82) is 0 Å². The van der Waals surface area contributed by atoms with E-state index in [9.17, 15) is 14.7 Å². The fourth-order valence-electron chi connectivity index (χ4n) is 3.31. The molecule has 7 nitrogen and oxygen atoms in total. The molecule has 0 aliphatic heterocycles. The Labute approximate surface area is 164 Å². The Morgan fingerprint density at radius 1 is 1.25 bits per heavy atom. The van der Waals surface area contributed by atoms with Gasteiger partial charge in [-0.1, -0.05) is 30.7 Å². The van der Waals surface area contributed by atoms with Crippen molar-refractivity contribution in [2.24, 2.45) is 0 Å². The summed E-state index contributed by atoms with van der Waals surface area (Å²) in [5.41, 5.74) is 3.49. The summed E-state index contributed by atoms with van der Waals surface area (Å²) in [5, 5.41) is 14.8. The minimum Gasteiger partial charge on any atom is -0.480 e. The van der Waals surface area contributed by atoms with Gasteiger partial charge in [0.1, 0.15) is 6.04 Å². The van der Waals surface area contributed by atoms with Crippen LogP contribution in [0.1, 0.15) is 25.6 Å². The van der Waals surface area contributed by atoms with Crippen molar-refractivity contribution in [3.05, 3.63) is 63.8 Å². The number of carboxylic acid groups (broad SMARTS) is 1. The Bertz CT molecular complexity index is 1270. The molecule has 0 saturated carbocycles. The number of aliphatic carboxylic acids is 1. The molecule has 1 aromatic carbocycles. The van der Waals surface area contributed by atoms with E-state index in [4.69, 9.17) is 11.6 Å². The highest BCUT2D eigenvalue weighted by molar-refractivity contribution is 6.30. The minimum atomic E-state index is -1.08. The number of hydrogen-bond acceptors (Lipinski definition) is 4. The van der Waals surface area contributed by atoms with Crippen LogP contribution in [0.3, 0.4) is 0 Å². The Hall–Kier alpha value is -3.19. The molecular weight excluding hydrogens is 380 g/mol. The summed E-state index contributed by atoms with van der Waals surface area (Å²) in [6.45, 7) is 3.47. The second-order valence-corrected chi connectivity index (χ2v) is 6.95. The molecule has 4 rings (SSSR count). The molecule has 0 fully saturated rings. The third-order valence-electron chi connectivity index (χ3n) is 4.85. The lowest BCUT2D eigenvalue weighted by Crippen LogP contribution is -2.28. The first-order chi connectivity index (χ1) is 13.4. The van der Waals surface area contributed by atoms with E-state index in [0.29, 0.717) is 28.0 Å². The molecule has 0 aliphatic carbocycles. The zero-order chi connectivity index (χ0) is 20.0. The maximum absolute atomic E-state index is 12.8. The quantitative estimate of drug-likeness (QED) is 0.569. The van der Waals surface area contributed by atoms with Crippen LogP contribution >= 0.6 is 11.6 Å². The molecule has 0 unspecified atom stereocenters. The number of pyridine rings is 1. The number of fused-ring (bicyclic) bond motifs is 3. The Morgan fingerprint density at radius 3 is 2.61 bits per heavy atom. The molecule has 3 heterocycles. The van der Waals surface area contributed by atoms with Crippen LogP contribution < -0.4 is 5.56 Å². The normalized spacial score (nSPS) is 12.5. The van der Waals surface area contributed by atoms with Gasteiger partial charge in [0.2, 0.25) is 0 Å². The standard InChI is InChI=1S/C20H17ClN4O3/c1-3-15-17(12-4-6-13(21)7-5-12)18-22-10-14-16(25(18)23-15)8-9-24(19(14)26)11(2)20(27)28/h4-11H,3H2,1-2H3,(H,27,28)/t11-/m0/s1. The third-order valence-corrected chi connectivity index (χ3v) is 5.11. The topological polar surface area (TPSA) is 89.5 Å². The van der Waals surface area contributed by atoms with E-state index in [-0.39, 0.29) is 0 Å². The molecule has 0 spiro atoms. The van der Waals surface area contributed by atoms with E-state index in [1.165, 1.54) is 23.9 Å². The molecule has 0 amide bonds. The molecule has 0 bridgehead atoms. The first kappa shape index (κ1) is 18.2. The number of aromatic nitrogens is 4. The van der Waals surface area contributed by atoms with Crippen LogP contribution in [0.5, 0.6) is 0 Å². The first-order valence-electron chi connectivity index (χ1n) is 8.82. The number of benzene rings is 1. The summed E-state index contributed by atoms with van der Waals surface area (Å²) < 4.78 is 2.83. The molecule has 0 aliphatic rings. The molecule has 3 aromatic heterocycles. The van der Waals surface area contributed by atoms with Gasteiger partial charge in [-0.25, -0.2) is 14.3 Å². The van der Waals surface area contributed by atoms with E-state index in [2.05, 4.69) is 10.1 Å². The van der Waals surface area contributed by atoms with Crippen LogP contribution in [0.4, 0.5) is 0 Å². The lowest BCUT2D eigenvalue weighted by Gasteiger charge is -2.11. The molecule has 0 saturated heterocycles. The number of carboxylic acids is 1. The van der Waals surface area contributed by atoms with Crippen molar-refractivity contribution >= 4 is 34.1 Å². The fourth-order valence-corrected chi connectivity index (χ4v) is 3.44. The lowest BCUT2D eigenvalue weighted by molar-refractivity contribution is -0.140. The van der Waals surface area contributed by atoms with Gasteiger partial charge in [0.15, 0.2) is 5.65 Å². The Morgan fingerprint density at radius 2 is 1.96 bits per heavy atom. The van der Waals surface area contributed by atoms with E-state index in [1.54, 1.807) is 10.6 Å². The van der Waals surface area contributed by atoms with Gasteiger partial charge in [-0.3, -0.25) is 4.79 Å². The zero-order valence-corrected chi connectivity index (χ0v) is 16.0. The smallest absolute Gasteiger partial charge is 0.326 e. The highest BCUT2D eigenvalue weighted by Gasteiger charge is 2.20. The van der Waals surface area contributed by atoms with Crippen LogP contribution in [0.25, 0.3) is 27.7 Å². The van der Waals surface area contributed by atoms with Gasteiger partial charge in [-0.05, 0) is 37.1 Å². The summed E-state index contributed by atoms with van der Waals surface area (Å²) in [6, 6.07) is 8.18. The van der Waals surface area contributed by atoms with Crippen molar-refractivity contribution in [2.45, 2.75) is 26.3 Å². The number of carbonyl (C=O) groups is 1. The van der Waals surface area contributed by atoms with Gasteiger partial charge < -0.3 is 9.67 Å². The summed E-state index contributed by atoms with van der Waals surface area (Å²) in [7, 11) is 0. The molecule has 142 valence electrons. The van der Waals surface area contributed by atoms with Crippen molar-refractivity contribution in [1.82, 2.24) is 19.2 Å². The Kier molecular flexibility index (Phi) is 4.39. The van der Waals surface area contributed by atoms with Crippen molar-refractivity contribution in [2.75, 3.05) is 0 Å². The number of halogens is 1. The van der Waals surface area contributed by atoms with Crippen LogP contribution in [-0.2, 0) is 11.2 Å². The maximum Gasteiger partial charge on any atom is 0.326 e. The van der Waals surface area contributed by atoms with E-state index >= 15 is 0 Å². The third kappa shape index (κ3) is 2.75. The highest BCUT2D eigenvalue weighted by atomic mass is 35.5. The van der Waals surface area contributed by atoms with Gasteiger partial charge in [-0.2, -0.15) is 5.10 Å². The van der Waals surface area contributed by atoms with Crippen LogP contribution in [-0.4, -0.2) is 30.2 Å². The fraction of sp³-hybridized carbons (Fsp3) is 0.200.